The molecule has 1 saturated carbocycles. The predicted molar refractivity (Wildman–Crippen MR) is 92.1 cm³/mol. The van der Waals surface area contributed by atoms with Crippen LogP contribution in [0.4, 0.5) is 0 Å². The minimum Gasteiger partial charge on any atom is -0.310 e. The first-order valence-corrected chi connectivity index (χ1v) is 8.77. The summed E-state index contributed by atoms with van der Waals surface area (Å²) in [6.07, 6.45) is 2.68. The zero-order valence-corrected chi connectivity index (χ0v) is 13.8. The number of halogens is 1. The van der Waals surface area contributed by atoms with Crippen LogP contribution >= 0.6 is 23.4 Å². The molecule has 0 saturated heterocycles. The molecule has 2 aromatic rings. The molecule has 0 amide bonds. The molecule has 110 valence electrons. The molecule has 1 aliphatic rings. The van der Waals surface area contributed by atoms with Gasteiger partial charge in [0.2, 0.25) is 0 Å². The lowest BCUT2D eigenvalue weighted by Crippen LogP contribution is -2.14. The third-order valence-corrected chi connectivity index (χ3v) is 5.11. The van der Waals surface area contributed by atoms with E-state index in [-0.39, 0.29) is 0 Å². The second kappa shape index (κ2) is 6.87. The normalized spacial score (nSPS) is 14.4. The van der Waals surface area contributed by atoms with E-state index in [1.807, 2.05) is 17.8 Å². The van der Waals surface area contributed by atoms with Crippen LogP contribution in [0.5, 0.6) is 0 Å². The van der Waals surface area contributed by atoms with Gasteiger partial charge >= 0.3 is 0 Å². The lowest BCUT2D eigenvalue weighted by molar-refractivity contribution is 0.687. The first-order valence-electron chi connectivity index (χ1n) is 7.41. The van der Waals surface area contributed by atoms with Gasteiger partial charge in [0.05, 0.1) is 0 Å². The Morgan fingerprint density at radius 2 is 1.90 bits per heavy atom. The van der Waals surface area contributed by atoms with Crippen LogP contribution in [-0.4, -0.2) is 6.04 Å². The maximum absolute atomic E-state index is 6.28. The fourth-order valence-corrected chi connectivity index (χ4v) is 3.47. The van der Waals surface area contributed by atoms with E-state index in [9.17, 15) is 0 Å². The zero-order chi connectivity index (χ0) is 14.7. The Kier molecular flexibility index (Phi) is 4.89. The summed E-state index contributed by atoms with van der Waals surface area (Å²) in [7, 11) is 0. The van der Waals surface area contributed by atoms with E-state index in [1.165, 1.54) is 34.4 Å². The molecule has 0 unspecified atom stereocenters. The molecule has 0 radical (unpaired) electrons. The fraction of sp³-hybridized carbons (Fsp3) is 0.333. The lowest BCUT2D eigenvalue weighted by Gasteiger charge is -2.07. The molecule has 0 atom stereocenters. The minimum absolute atomic E-state index is 0.766. The third-order valence-electron chi connectivity index (χ3n) is 3.70. The number of rotatable bonds is 6. The molecule has 2 aromatic carbocycles. The Balaban J connectivity index is 1.54. The molecule has 21 heavy (non-hydrogen) atoms. The molecule has 1 aliphatic carbocycles. The first-order chi connectivity index (χ1) is 10.2. The number of aryl methyl sites for hydroxylation is 1. The van der Waals surface area contributed by atoms with Crippen molar-refractivity contribution in [2.75, 3.05) is 0 Å². The molecule has 3 heteroatoms. The largest absolute Gasteiger partial charge is 0.310 e. The average molecular weight is 318 g/mol. The van der Waals surface area contributed by atoms with Gasteiger partial charge in [-0.05, 0) is 54.7 Å². The van der Waals surface area contributed by atoms with Crippen molar-refractivity contribution in [1.82, 2.24) is 5.32 Å². The molecule has 0 spiro atoms. The summed E-state index contributed by atoms with van der Waals surface area (Å²) in [5, 5.41) is 4.41. The Bertz CT molecular complexity index is 605. The molecular weight excluding hydrogens is 298 g/mol. The van der Waals surface area contributed by atoms with E-state index < -0.39 is 0 Å². The van der Waals surface area contributed by atoms with Crippen molar-refractivity contribution in [3.05, 3.63) is 64.2 Å². The van der Waals surface area contributed by atoms with Gasteiger partial charge in [-0.2, -0.15) is 0 Å². The van der Waals surface area contributed by atoms with Crippen molar-refractivity contribution in [3.63, 3.8) is 0 Å². The topological polar surface area (TPSA) is 12.0 Å². The highest BCUT2D eigenvalue weighted by Gasteiger charge is 2.19. The quantitative estimate of drug-likeness (QED) is 0.736. The molecular formula is C18H20ClNS. The van der Waals surface area contributed by atoms with Crippen molar-refractivity contribution in [1.29, 1.82) is 0 Å². The maximum Gasteiger partial charge on any atom is 0.0449 e. The molecule has 0 bridgehead atoms. The van der Waals surface area contributed by atoms with Crippen LogP contribution in [0.2, 0.25) is 5.02 Å². The van der Waals surface area contributed by atoms with E-state index >= 15 is 0 Å². The van der Waals surface area contributed by atoms with Gasteiger partial charge < -0.3 is 5.32 Å². The van der Waals surface area contributed by atoms with Crippen molar-refractivity contribution in [2.45, 2.75) is 43.0 Å². The third kappa shape index (κ3) is 4.50. The van der Waals surface area contributed by atoms with Gasteiger partial charge in [-0.1, -0.05) is 35.9 Å². The summed E-state index contributed by atoms with van der Waals surface area (Å²) < 4.78 is 0. The van der Waals surface area contributed by atoms with Crippen LogP contribution in [0, 0.1) is 6.92 Å². The van der Waals surface area contributed by atoms with Crippen LogP contribution in [0.15, 0.2) is 47.4 Å². The smallest absolute Gasteiger partial charge is 0.0449 e. The summed E-state index contributed by atoms with van der Waals surface area (Å²) in [5.74, 6) is 0.915. The highest BCUT2D eigenvalue weighted by molar-refractivity contribution is 7.98. The second-order valence-electron chi connectivity index (χ2n) is 5.68. The van der Waals surface area contributed by atoms with Gasteiger partial charge in [0, 0.05) is 28.3 Å². The maximum atomic E-state index is 6.28. The second-order valence-corrected chi connectivity index (χ2v) is 7.14. The number of thioether (sulfide) groups is 1. The predicted octanol–water partition coefficient (Wildman–Crippen LogP) is 5.19. The highest BCUT2D eigenvalue weighted by atomic mass is 35.5. The Hall–Kier alpha value is -0.960. The van der Waals surface area contributed by atoms with Gasteiger partial charge in [0.15, 0.2) is 0 Å². The molecule has 0 aliphatic heterocycles. The number of benzene rings is 2. The highest BCUT2D eigenvalue weighted by Crippen LogP contribution is 2.27. The van der Waals surface area contributed by atoms with Crippen molar-refractivity contribution in [2.24, 2.45) is 0 Å². The first kappa shape index (κ1) is 15.0. The average Bonchev–Trinajstić information content (AvgIpc) is 3.30. The van der Waals surface area contributed by atoms with Gasteiger partial charge in [-0.3, -0.25) is 0 Å². The van der Waals surface area contributed by atoms with Crippen LogP contribution in [0.3, 0.4) is 0 Å². The summed E-state index contributed by atoms with van der Waals surface area (Å²) >= 11 is 8.11. The summed E-state index contributed by atoms with van der Waals surface area (Å²) in [5.41, 5.74) is 3.77. The SMILES string of the molecule is Cc1ccc(CSc2ccc(CNC3CC3)cc2)c(Cl)c1. The van der Waals surface area contributed by atoms with E-state index in [1.54, 1.807) is 0 Å². The molecule has 1 nitrogen and oxygen atoms in total. The standard InChI is InChI=1S/C18H20ClNS/c1-13-2-5-15(18(19)10-13)12-21-17-8-3-14(4-9-17)11-20-16-6-7-16/h2-5,8-10,16,20H,6-7,11-12H2,1H3. The monoisotopic (exact) mass is 317 g/mol. The fourth-order valence-electron chi connectivity index (χ4n) is 2.18. The van der Waals surface area contributed by atoms with Crippen molar-refractivity contribution < 1.29 is 0 Å². The molecule has 0 heterocycles. The van der Waals surface area contributed by atoms with E-state index in [4.69, 9.17) is 11.6 Å². The Labute approximate surface area is 136 Å². The molecule has 1 N–H and O–H groups in total. The van der Waals surface area contributed by atoms with Crippen LogP contribution < -0.4 is 5.32 Å². The Morgan fingerprint density at radius 1 is 1.14 bits per heavy atom. The molecule has 0 aromatic heterocycles. The van der Waals surface area contributed by atoms with Gasteiger partial charge in [0.1, 0.15) is 0 Å². The zero-order valence-electron chi connectivity index (χ0n) is 12.2. The van der Waals surface area contributed by atoms with Gasteiger partial charge in [-0.25, -0.2) is 0 Å². The van der Waals surface area contributed by atoms with E-state index in [0.717, 1.165) is 23.4 Å². The summed E-state index contributed by atoms with van der Waals surface area (Å²) in [4.78, 5) is 1.29. The number of nitrogens with one attached hydrogen (secondary N) is 1. The van der Waals surface area contributed by atoms with E-state index in [0.29, 0.717) is 0 Å². The summed E-state index contributed by atoms with van der Waals surface area (Å²) in [6.45, 7) is 3.05. The van der Waals surface area contributed by atoms with Crippen molar-refractivity contribution >= 4 is 23.4 Å². The van der Waals surface area contributed by atoms with Crippen molar-refractivity contribution in [3.8, 4) is 0 Å². The molecule has 1 fully saturated rings. The van der Waals surface area contributed by atoms with Crippen LogP contribution in [0.1, 0.15) is 29.5 Å². The van der Waals surface area contributed by atoms with Crippen LogP contribution in [-0.2, 0) is 12.3 Å². The summed E-state index contributed by atoms with van der Waals surface area (Å²) in [6, 6.07) is 15.9. The minimum atomic E-state index is 0.766. The lowest BCUT2D eigenvalue weighted by atomic mass is 10.2. The Morgan fingerprint density at radius 3 is 2.57 bits per heavy atom. The van der Waals surface area contributed by atoms with Crippen LogP contribution in [0.25, 0.3) is 0 Å². The van der Waals surface area contributed by atoms with Gasteiger partial charge in [-0.15, -0.1) is 11.8 Å². The number of hydrogen-bond acceptors (Lipinski definition) is 2. The molecule has 3 rings (SSSR count). The van der Waals surface area contributed by atoms with E-state index in [2.05, 4.69) is 48.6 Å². The number of hydrogen-bond donors (Lipinski definition) is 1. The van der Waals surface area contributed by atoms with Gasteiger partial charge in [0.25, 0.3) is 0 Å².